The Hall–Kier alpha value is -4.10. The largest absolute Gasteiger partial charge is 0.497 e. The highest BCUT2D eigenvalue weighted by atomic mass is 28.4. The maximum atomic E-state index is 15.4. The number of aryl methyl sites for hydroxylation is 1. The van der Waals surface area contributed by atoms with Crippen molar-refractivity contribution in [3.63, 3.8) is 0 Å². The van der Waals surface area contributed by atoms with Crippen molar-refractivity contribution >= 4 is 31.1 Å². The highest BCUT2D eigenvalue weighted by molar-refractivity contribution is 6.74. The average Bonchev–Trinajstić information content (AvgIpc) is 3.54. The summed E-state index contributed by atoms with van der Waals surface area (Å²) in [5.41, 5.74) is 3.02. The van der Waals surface area contributed by atoms with E-state index in [1.807, 2.05) is 17.8 Å². The van der Waals surface area contributed by atoms with Crippen molar-refractivity contribution in [3.8, 4) is 22.8 Å². The number of benzene rings is 1. The molecule has 1 saturated heterocycles. The Morgan fingerprint density at radius 2 is 1.93 bits per heavy atom. The van der Waals surface area contributed by atoms with Gasteiger partial charge in [0.1, 0.15) is 28.5 Å². The van der Waals surface area contributed by atoms with Gasteiger partial charge in [-0.1, -0.05) is 20.8 Å². The number of amides is 1. The van der Waals surface area contributed by atoms with Crippen LogP contribution in [0, 0.1) is 5.82 Å². The van der Waals surface area contributed by atoms with Crippen molar-refractivity contribution in [2.45, 2.75) is 64.0 Å². The van der Waals surface area contributed by atoms with Gasteiger partial charge in [0.25, 0.3) is 0 Å². The minimum absolute atomic E-state index is 0.0118. The summed E-state index contributed by atoms with van der Waals surface area (Å²) >= 11 is 0. The van der Waals surface area contributed by atoms with Crippen LogP contribution < -0.4 is 20.3 Å². The summed E-state index contributed by atoms with van der Waals surface area (Å²) in [4.78, 5) is 27.4. The molecule has 0 spiro atoms. The maximum absolute atomic E-state index is 15.4. The summed E-state index contributed by atoms with van der Waals surface area (Å²) in [7, 11) is 2.52. The van der Waals surface area contributed by atoms with Crippen molar-refractivity contribution in [2.75, 3.05) is 14.2 Å². The maximum Gasteiger partial charge on any atom is 0.248 e. The highest BCUT2D eigenvalue weighted by Crippen LogP contribution is 2.38. The van der Waals surface area contributed by atoms with E-state index in [9.17, 15) is 4.79 Å². The number of carbonyl (C=O) groups is 1. The van der Waals surface area contributed by atoms with Crippen LogP contribution in [0.1, 0.15) is 27.2 Å². The molecule has 13 heteroatoms. The Balaban J connectivity index is 1.62. The van der Waals surface area contributed by atoms with Crippen molar-refractivity contribution in [1.82, 2.24) is 29.6 Å². The number of methoxy groups -OCH3 is 2. The number of carbonyl (C=O) groups excluding carboxylic acids is 1. The van der Waals surface area contributed by atoms with Gasteiger partial charge in [-0.2, -0.15) is 5.10 Å². The molecular weight excluding hydrogens is 569 g/mol. The predicted octanol–water partition coefficient (Wildman–Crippen LogP) is 4.50. The van der Waals surface area contributed by atoms with E-state index in [0.717, 1.165) is 5.56 Å². The molecule has 2 atom stereocenters. The summed E-state index contributed by atoms with van der Waals surface area (Å²) in [6.45, 7) is 11.0. The fourth-order valence-corrected chi connectivity index (χ4v) is 6.02. The molecule has 1 aromatic carbocycles. The standard InChI is InChI=1S/C30H38FN7O4Si/c1-30(2,3)43(7,8)42-25-11-19(34-29(25)39)17-38-26(35-22-12-20(40-5)13-24(41-6)27(22)31)10-9-21-28(38)36-23(15-32-21)18-14-33-37(4)16-18/h9-10,12-16,19,25H,11,17H2,1-8H3,(H,34,39). The SMILES string of the molecule is COc1cc(N=c2ccc3ncc(-c4cnn(C)c4)nc3n2CC2CC(O[Si](C)(C)C(C)(C)C)C(=O)N2)c(F)c(OC)c1. The number of halogens is 1. The fourth-order valence-electron chi connectivity index (χ4n) is 4.75. The number of rotatable bonds is 8. The summed E-state index contributed by atoms with van der Waals surface area (Å²) < 4.78 is 36.0. The first-order valence-electron chi connectivity index (χ1n) is 14.1. The zero-order valence-electron chi connectivity index (χ0n) is 25.8. The predicted molar refractivity (Wildman–Crippen MR) is 163 cm³/mol. The number of fused-ring (bicyclic) bond motifs is 1. The quantitative estimate of drug-likeness (QED) is 0.293. The lowest BCUT2D eigenvalue weighted by molar-refractivity contribution is -0.125. The van der Waals surface area contributed by atoms with Crippen molar-refractivity contribution in [2.24, 2.45) is 12.0 Å². The van der Waals surface area contributed by atoms with Gasteiger partial charge in [0.2, 0.25) is 5.91 Å². The van der Waals surface area contributed by atoms with Gasteiger partial charge < -0.3 is 23.8 Å². The van der Waals surface area contributed by atoms with Gasteiger partial charge in [0.15, 0.2) is 25.5 Å². The fraction of sp³-hybridized carbons (Fsp3) is 0.433. The second-order valence-electron chi connectivity index (χ2n) is 12.3. The van der Waals surface area contributed by atoms with Gasteiger partial charge >= 0.3 is 0 Å². The molecule has 11 nitrogen and oxygen atoms in total. The molecule has 0 bridgehead atoms. The van der Waals surface area contributed by atoms with Gasteiger partial charge in [0.05, 0.1) is 32.3 Å². The summed E-state index contributed by atoms with van der Waals surface area (Å²) in [6, 6.07) is 6.24. The van der Waals surface area contributed by atoms with Crippen LogP contribution in [0.5, 0.6) is 11.5 Å². The van der Waals surface area contributed by atoms with Crippen molar-refractivity contribution in [3.05, 3.63) is 54.2 Å². The highest BCUT2D eigenvalue weighted by Gasteiger charge is 2.43. The summed E-state index contributed by atoms with van der Waals surface area (Å²) in [6.07, 6.45) is 5.18. The van der Waals surface area contributed by atoms with E-state index in [1.165, 1.54) is 26.4 Å². The van der Waals surface area contributed by atoms with E-state index in [4.69, 9.17) is 23.9 Å². The number of ether oxygens (including phenoxy) is 2. The molecule has 0 aliphatic carbocycles. The zero-order chi connectivity index (χ0) is 31.1. The van der Waals surface area contributed by atoms with Crippen LogP contribution in [0.4, 0.5) is 10.1 Å². The third kappa shape index (κ3) is 6.18. The van der Waals surface area contributed by atoms with Crippen LogP contribution >= 0.6 is 0 Å². The lowest BCUT2D eigenvalue weighted by Crippen LogP contribution is -2.45. The lowest BCUT2D eigenvalue weighted by Gasteiger charge is -2.37. The Labute approximate surface area is 250 Å². The molecular formula is C30H38FN7O4Si. The molecule has 1 amide bonds. The van der Waals surface area contributed by atoms with Gasteiger partial charge in [0, 0.05) is 49.9 Å². The molecule has 1 N–H and O–H groups in total. The van der Waals surface area contributed by atoms with Gasteiger partial charge in [-0.3, -0.25) is 14.5 Å². The first-order valence-corrected chi connectivity index (χ1v) is 17.0. The molecule has 1 fully saturated rings. The van der Waals surface area contributed by atoms with Gasteiger partial charge in [-0.15, -0.1) is 0 Å². The molecule has 5 rings (SSSR count). The Morgan fingerprint density at radius 1 is 1.16 bits per heavy atom. The first kappa shape index (κ1) is 30.4. The minimum atomic E-state index is -2.19. The van der Waals surface area contributed by atoms with Gasteiger partial charge in [-0.05, 0) is 30.3 Å². The number of pyridine rings is 1. The molecule has 3 aromatic heterocycles. The normalized spacial score (nSPS) is 17.9. The molecule has 1 aliphatic rings. The molecule has 2 unspecified atom stereocenters. The van der Waals surface area contributed by atoms with Crippen molar-refractivity contribution in [1.29, 1.82) is 0 Å². The van der Waals surface area contributed by atoms with Gasteiger partial charge in [-0.25, -0.2) is 14.4 Å². The van der Waals surface area contributed by atoms with Crippen LogP contribution in [0.2, 0.25) is 18.1 Å². The number of nitrogens with zero attached hydrogens (tertiary/aromatic N) is 6. The molecule has 4 aromatic rings. The van der Waals surface area contributed by atoms with Crippen LogP contribution in [0.15, 0.2) is 47.8 Å². The molecule has 1 aliphatic heterocycles. The van der Waals surface area contributed by atoms with E-state index < -0.39 is 20.2 Å². The van der Waals surface area contributed by atoms with Crippen LogP contribution in [-0.4, -0.2) is 64.9 Å². The van der Waals surface area contributed by atoms with E-state index in [0.29, 0.717) is 41.1 Å². The number of nitrogens with one attached hydrogen (secondary N) is 1. The number of hydrogen-bond donors (Lipinski definition) is 1. The van der Waals surface area contributed by atoms with E-state index in [2.05, 4.69) is 49.3 Å². The van der Waals surface area contributed by atoms with E-state index in [-0.39, 0.29) is 28.4 Å². The van der Waals surface area contributed by atoms with Crippen LogP contribution in [-0.2, 0) is 22.8 Å². The molecule has 4 heterocycles. The number of aromatic nitrogens is 5. The first-order chi connectivity index (χ1) is 20.3. The van der Waals surface area contributed by atoms with Crippen LogP contribution in [0.25, 0.3) is 22.4 Å². The second-order valence-corrected chi connectivity index (χ2v) is 17.0. The Bertz CT molecular complexity index is 1740. The monoisotopic (exact) mass is 607 g/mol. The molecule has 0 saturated carbocycles. The Morgan fingerprint density at radius 3 is 2.58 bits per heavy atom. The smallest absolute Gasteiger partial charge is 0.248 e. The van der Waals surface area contributed by atoms with E-state index >= 15 is 4.39 Å². The summed E-state index contributed by atoms with van der Waals surface area (Å²) in [5.74, 6) is -0.351. The molecule has 228 valence electrons. The third-order valence-corrected chi connectivity index (χ3v) is 12.7. The minimum Gasteiger partial charge on any atom is -0.497 e. The third-order valence-electron chi connectivity index (χ3n) is 8.17. The molecule has 0 radical (unpaired) electrons. The van der Waals surface area contributed by atoms with Crippen molar-refractivity contribution < 1.29 is 23.1 Å². The summed E-state index contributed by atoms with van der Waals surface area (Å²) in [5, 5.41) is 7.32. The average molecular weight is 608 g/mol. The second kappa shape index (κ2) is 11.5. The zero-order valence-corrected chi connectivity index (χ0v) is 26.8. The Kier molecular flexibility index (Phi) is 8.14. The lowest BCUT2D eigenvalue weighted by atomic mass is 10.2. The van der Waals surface area contributed by atoms with E-state index in [1.54, 1.807) is 29.2 Å². The topological polar surface area (TPSA) is 118 Å². The molecule has 43 heavy (non-hydrogen) atoms. The number of hydrogen-bond acceptors (Lipinski definition) is 8. The van der Waals surface area contributed by atoms with Crippen LogP contribution in [0.3, 0.4) is 0 Å².